The third-order valence-corrected chi connectivity index (χ3v) is 3.54. The maximum Gasteiger partial charge on any atom is 0.0788 e. The van der Waals surface area contributed by atoms with Gasteiger partial charge in [-0.3, -0.25) is 0 Å². The molecule has 17 heavy (non-hydrogen) atoms. The number of aliphatic hydroxyl groups is 1. The van der Waals surface area contributed by atoms with Crippen LogP contribution in [0.4, 0.5) is 0 Å². The van der Waals surface area contributed by atoms with Gasteiger partial charge in [-0.05, 0) is 33.1 Å². The average Bonchev–Trinajstić information content (AvgIpc) is 2.75. The quantitative estimate of drug-likeness (QED) is 0.713. The Kier molecular flexibility index (Phi) is 6.45. The van der Waals surface area contributed by atoms with Crippen molar-refractivity contribution in [2.75, 3.05) is 13.2 Å². The first-order chi connectivity index (χ1) is 8.12. The first-order valence-electron chi connectivity index (χ1n) is 7.02. The Bertz CT molecular complexity index is 200. The fraction of sp³-hybridized carbons (Fsp3) is 1.00. The Labute approximate surface area is 105 Å². The minimum atomic E-state index is -0.0910. The molecule has 0 aromatic heterocycles. The molecule has 3 heteroatoms. The van der Waals surface area contributed by atoms with Gasteiger partial charge in [0.1, 0.15) is 0 Å². The highest BCUT2D eigenvalue weighted by atomic mass is 16.6. The van der Waals surface area contributed by atoms with Gasteiger partial charge in [0.15, 0.2) is 0 Å². The second-order valence-corrected chi connectivity index (χ2v) is 5.40. The molecule has 1 N–H and O–H groups in total. The normalized spacial score (nSPS) is 22.6. The number of aliphatic hydroxyl groups excluding tert-OH is 1. The van der Waals surface area contributed by atoms with Crippen LogP contribution < -0.4 is 0 Å². The van der Waals surface area contributed by atoms with E-state index in [0.29, 0.717) is 6.61 Å². The van der Waals surface area contributed by atoms with Crippen molar-refractivity contribution < 1.29 is 14.6 Å². The van der Waals surface area contributed by atoms with Crippen molar-refractivity contribution in [1.82, 2.24) is 0 Å². The van der Waals surface area contributed by atoms with Gasteiger partial charge < -0.3 is 14.6 Å². The largest absolute Gasteiger partial charge is 0.394 e. The molecule has 0 amide bonds. The van der Waals surface area contributed by atoms with Crippen molar-refractivity contribution in [3.05, 3.63) is 0 Å². The first kappa shape index (κ1) is 14.9. The van der Waals surface area contributed by atoms with E-state index >= 15 is 0 Å². The second-order valence-electron chi connectivity index (χ2n) is 5.40. The molecule has 0 aromatic carbocycles. The van der Waals surface area contributed by atoms with Crippen LogP contribution in [0.2, 0.25) is 0 Å². The Balaban J connectivity index is 2.34. The number of ether oxygens (including phenoxy) is 2. The summed E-state index contributed by atoms with van der Waals surface area (Å²) in [6.07, 6.45) is 7.34. The second kappa shape index (κ2) is 7.34. The van der Waals surface area contributed by atoms with Crippen LogP contribution in [0, 0.1) is 0 Å². The molecule has 0 bridgehead atoms. The van der Waals surface area contributed by atoms with Crippen LogP contribution in [0.15, 0.2) is 0 Å². The number of rotatable bonds is 8. The fourth-order valence-electron chi connectivity index (χ4n) is 2.72. The van der Waals surface area contributed by atoms with Gasteiger partial charge in [0.05, 0.1) is 31.0 Å². The Morgan fingerprint density at radius 1 is 1.18 bits per heavy atom. The van der Waals surface area contributed by atoms with Gasteiger partial charge in [0.25, 0.3) is 0 Å². The summed E-state index contributed by atoms with van der Waals surface area (Å²) in [4.78, 5) is 0. The summed E-state index contributed by atoms with van der Waals surface area (Å²) in [6.45, 7) is 6.82. The molecule has 1 aliphatic rings. The highest BCUT2D eigenvalue weighted by molar-refractivity contribution is 4.86. The molecule has 0 aliphatic heterocycles. The Hall–Kier alpha value is -0.120. The van der Waals surface area contributed by atoms with Crippen molar-refractivity contribution in [2.24, 2.45) is 0 Å². The summed E-state index contributed by atoms with van der Waals surface area (Å²) < 4.78 is 11.7. The predicted molar refractivity (Wildman–Crippen MR) is 69.2 cm³/mol. The average molecular weight is 244 g/mol. The molecule has 0 saturated heterocycles. The molecule has 1 aliphatic carbocycles. The highest BCUT2D eigenvalue weighted by Gasteiger charge is 2.35. The molecule has 0 heterocycles. The zero-order chi connectivity index (χ0) is 12.7. The summed E-state index contributed by atoms with van der Waals surface area (Å²) >= 11 is 0. The molecule has 1 fully saturated rings. The maximum absolute atomic E-state index is 8.90. The van der Waals surface area contributed by atoms with Gasteiger partial charge >= 0.3 is 0 Å². The molecule has 0 radical (unpaired) electrons. The molecule has 3 nitrogen and oxygen atoms in total. The van der Waals surface area contributed by atoms with Gasteiger partial charge in [-0.15, -0.1) is 0 Å². The van der Waals surface area contributed by atoms with E-state index in [1.54, 1.807) is 0 Å². The van der Waals surface area contributed by atoms with E-state index in [2.05, 4.69) is 13.8 Å². The number of hydrogen-bond acceptors (Lipinski definition) is 3. The van der Waals surface area contributed by atoms with Crippen molar-refractivity contribution in [3.8, 4) is 0 Å². The summed E-state index contributed by atoms with van der Waals surface area (Å²) in [5, 5.41) is 8.90. The third kappa shape index (κ3) is 4.94. The summed E-state index contributed by atoms with van der Waals surface area (Å²) in [6, 6.07) is 0. The molecule has 2 atom stereocenters. The lowest BCUT2D eigenvalue weighted by atomic mass is 9.96. The van der Waals surface area contributed by atoms with Gasteiger partial charge in [-0.2, -0.15) is 0 Å². The maximum atomic E-state index is 8.90. The van der Waals surface area contributed by atoms with E-state index in [1.807, 2.05) is 6.92 Å². The van der Waals surface area contributed by atoms with E-state index in [0.717, 1.165) is 6.42 Å². The van der Waals surface area contributed by atoms with Crippen LogP contribution in [0.1, 0.15) is 59.3 Å². The Morgan fingerprint density at radius 2 is 1.82 bits per heavy atom. The van der Waals surface area contributed by atoms with Gasteiger partial charge in [0.2, 0.25) is 0 Å². The lowest BCUT2D eigenvalue weighted by Crippen LogP contribution is -2.35. The standard InChI is InChI=1S/C14H28O3/c1-4-7-14(8-5-6-9-14)17-13(3)11-16-12(2)10-15/h12-13,15H,4-11H2,1-3H3. The zero-order valence-electron chi connectivity index (χ0n) is 11.6. The van der Waals surface area contributed by atoms with Gasteiger partial charge in [0, 0.05) is 0 Å². The summed E-state index contributed by atoms with van der Waals surface area (Å²) in [5.41, 5.74) is 0.111. The van der Waals surface area contributed by atoms with Crippen molar-refractivity contribution in [2.45, 2.75) is 77.1 Å². The number of hydrogen-bond donors (Lipinski definition) is 1. The highest BCUT2D eigenvalue weighted by Crippen LogP contribution is 2.37. The van der Waals surface area contributed by atoms with E-state index in [1.165, 1.54) is 32.1 Å². The van der Waals surface area contributed by atoms with Gasteiger partial charge in [-0.25, -0.2) is 0 Å². The monoisotopic (exact) mass is 244 g/mol. The fourth-order valence-corrected chi connectivity index (χ4v) is 2.72. The van der Waals surface area contributed by atoms with E-state index in [4.69, 9.17) is 14.6 Å². The first-order valence-corrected chi connectivity index (χ1v) is 7.02. The zero-order valence-corrected chi connectivity index (χ0v) is 11.6. The third-order valence-electron chi connectivity index (χ3n) is 3.54. The predicted octanol–water partition coefficient (Wildman–Crippen LogP) is 2.90. The van der Waals surface area contributed by atoms with Gasteiger partial charge in [-0.1, -0.05) is 26.2 Å². The molecule has 0 spiro atoms. The van der Waals surface area contributed by atoms with E-state index in [-0.39, 0.29) is 24.4 Å². The van der Waals surface area contributed by atoms with Crippen molar-refractivity contribution in [3.63, 3.8) is 0 Å². The van der Waals surface area contributed by atoms with Crippen molar-refractivity contribution in [1.29, 1.82) is 0 Å². The smallest absolute Gasteiger partial charge is 0.0788 e. The molecule has 102 valence electrons. The SMILES string of the molecule is CCCC1(OC(C)COC(C)CO)CCCC1. The molecular formula is C14H28O3. The van der Waals surface area contributed by atoms with Crippen LogP contribution in [-0.2, 0) is 9.47 Å². The lowest BCUT2D eigenvalue weighted by Gasteiger charge is -2.32. The van der Waals surface area contributed by atoms with Crippen LogP contribution in [0.5, 0.6) is 0 Å². The van der Waals surface area contributed by atoms with Crippen LogP contribution in [0.25, 0.3) is 0 Å². The van der Waals surface area contributed by atoms with E-state index in [9.17, 15) is 0 Å². The lowest BCUT2D eigenvalue weighted by molar-refractivity contribution is -0.123. The van der Waals surface area contributed by atoms with E-state index < -0.39 is 0 Å². The summed E-state index contributed by atoms with van der Waals surface area (Å²) in [7, 11) is 0. The Morgan fingerprint density at radius 3 is 2.35 bits per heavy atom. The molecule has 1 saturated carbocycles. The molecule has 1 rings (SSSR count). The summed E-state index contributed by atoms with van der Waals surface area (Å²) in [5.74, 6) is 0. The van der Waals surface area contributed by atoms with Crippen molar-refractivity contribution >= 4 is 0 Å². The van der Waals surface area contributed by atoms with Crippen LogP contribution in [0.3, 0.4) is 0 Å². The molecular weight excluding hydrogens is 216 g/mol. The molecule has 2 unspecified atom stereocenters. The topological polar surface area (TPSA) is 38.7 Å². The van der Waals surface area contributed by atoms with Crippen LogP contribution >= 0.6 is 0 Å². The molecule has 0 aromatic rings. The minimum absolute atomic E-state index is 0.0762. The minimum Gasteiger partial charge on any atom is -0.394 e. The van der Waals surface area contributed by atoms with Crippen LogP contribution in [-0.4, -0.2) is 36.1 Å².